The molecule has 0 bridgehead atoms. The highest BCUT2D eigenvalue weighted by Gasteiger charge is 2.20. The van der Waals surface area contributed by atoms with Gasteiger partial charge in [0.15, 0.2) is 0 Å². The number of nitrogens with one attached hydrogen (secondary N) is 1. The average molecular weight is 166 g/mol. The van der Waals surface area contributed by atoms with Crippen molar-refractivity contribution in [3.05, 3.63) is 11.3 Å². The van der Waals surface area contributed by atoms with Crippen LogP contribution in [0.4, 0.5) is 0 Å². The molecule has 2 nitrogen and oxygen atoms in total. The summed E-state index contributed by atoms with van der Waals surface area (Å²) in [4.78, 5) is 4.50. The maximum absolute atomic E-state index is 4.50. The Morgan fingerprint density at radius 2 is 1.83 bits per heavy atom. The monoisotopic (exact) mass is 166 g/mol. The van der Waals surface area contributed by atoms with Crippen LogP contribution in [0.3, 0.4) is 0 Å². The summed E-state index contributed by atoms with van der Waals surface area (Å²) >= 11 is 0. The second-order valence-electron chi connectivity index (χ2n) is 4.16. The van der Waals surface area contributed by atoms with Gasteiger partial charge >= 0.3 is 0 Å². The predicted molar refractivity (Wildman–Crippen MR) is 53.6 cm³/mol. The van der Waals surface area contributed by atoms with Crippen molar-refractivity contribution in [2.75, 3.05) is 6.54 Å². The van der Waals surface area contributed by atoms with Crippen molar-refractivity contribution in [1.29, 1.82) is 0 Å². The first-order valence-corrected chi connectivity index (χ1v) is 4.39. The molecule has 1 aliphatic heterocycles. The van der Waals surface area contributed by atoms with Crippen LogP contribution in [0, 0.1) is 0 Å². The van der Waals surface area contributed by atoms with Crippen molar-refractivity contribution in [1.82, 2.24) is 5.32 Å². The zero-order valence-corrected chi connectivity index (χ0v) is 8.65. The summed E-state index contributed by atoms with van der Waals surface area (Å²) in [6.07, 6.45) is 0. The fraction of sp³-hybridized carbons (Fsp3) is 0.700. The van der Waals surface area contributed by atoms with Crippen molar-refractivity contribution in [2.45, 2.75) is 40.2 Å². The van der Waals surface area contributed by atoms with E-state index in [4.69, 9.17) is 0 Å². The molecule has 1 rings (SSSR count). The lowest BCUT2D eigenvalue weighted by Crippen LogP contribution is -2.40. The minimum Gasteiger partial charge on any atom is -0.382 e. The Hall–Kier alpha value is -0.790. The van der Waals surface area contributed by atoms with Gasteiger partial charge in [0.1, 0.15) is 0 Å². The van der Waals surface area contributed by atoms with Gasteiger partial charge in [0.05, 0.1) is 12.1 Å². The van der Waals surface area contributed by atoms with Crippen LogP contribution in [-0.2, 0) is 0 Å². The molecular weight excluding hydrogens is 148 g/mol. The van der Waals surface area contributed by atoms with Gasteiger partial charge in [-0.15, -0.1) is 0 Å². The van der Waals surface area contributed by atoms with E-state index in [1.54, 1.807) is 0 Å². The standard InChI is InChI=1S/C10H18N2/c1-7-8(2)11-6-10(4,5)12-9(7)3/h12H,6H2,1-5H3. The van der Waals surface area contributed by atoms with Crippen LogP contribution in [0.15, 0.2) is 16.3 Å². The summed E-state index contributed by atoms with van der Waals surface area (Å²) in [7, 11) is 0. The summed E-state index contributed by atoms with van der Waals surface area (Å²) in [6, 6.07) is 0. The van der Waals surface area contributed by atoms with Gasteiger partial charge in [0.2, 0.25) is 0 Å². The summed E-state index contributed by atoms with van der Waals surface area (Å²) in [6.45, 7) is 11.5. The van der Waals surface area contributed by atoms with Crippen LogP contribution in [0.1, 0.15) is 34.6 Å². The van der Waals surface area contributed by atoms with E-state index in [1.165, 1.54) is 11.3 Å². The lowest BCUT2D eigenvalue weighted by atomic mass is 10.1. The van der Waals surface area contributed by atoms with Gasteiger partial charge in [-0.1, -0.05) is 0 Å². The highest BCUT2D eigenvalue weighted by molar-refractivity contribution is 5.98. The van der Waals surface area contributed by atoms with Gasteiger partial charge in [-0.3, -0.25) is 4.99 Å². The fourth-order valence-electron chi connectivity index (χ4n) is 1.35. The molecule has 0 radical (unpaired) electrons. The quantitative estimate of drug-likeness (QED) is 0.585. The maximum atomic E-state index is 4.50. The highest BCUT2D eigenvalue weighted by Crippen LogP contribution is 2.14. The van der Waals surface area contributed by atoms with Gasteiger partial charge in [0, 0.05) is 11.4 Å². The topological polar surface area (TPSA) is 24.4 Å². The first-order chi connectivity index (χ1) is 5.42. The average Bonchev–Trinajstić information content (AvgIpc) is 2.03. The molecule has 0 amide bonds. The molecule has 0 aromatic carbocycles. The number of rotatable bonds is 0. The molecule has 0 spiro atoms. The van der Waals surface area contributed by atoms with Crippen molar-refractivity contribution in [2.24, 2.45) is 4.99 Å². The Morgan fingerprint density at radius 1 is 1.25 bits per heavy atom. The smallest absolute Gasteiger partial charge is 0.0617 e. The number of hydrogen-bond donors (Lipinski definition) is 1. The fourth-order valence-corrected chi connectivity index (χ4v) is 1.35. The molecule has 0 saturated carbocycles. The number of allylic oxidation sites excluding steroid dienone is 2. The van der Waals surface area contributed by atoms with Crippen molar-refractivity contribution in [3.63, 3.8) is 0 Å². The summed E-state index contributed by atoms with van der Waals surface area (Å²) < 4.78 is 0. The Kier molecular flexibility index (Phi) is 2.27. The molecule has 1 N–H and O–H groups in total. The Bertz CT molecular complexity index is 247. The molecule has 68 valence electrons. The van der Waals surface area contributed by atoms with Crippen molar-refractivity contribution >= 4 is 5.71 Å². The Labute approximate surface area is 74.8 Å². The van der Waals surface area contributed by atoms with E-state index < -0.39 is 0 Å². The third-order valence-corrected chi connectivity index (χ3v) is 2.34. The summed E-state index contributed by atoms with van der Waals surface area (Å²) in [5.41, 5.74) is 3.79. The normalized spacial score (nSPS) is 22.9. The number of nitrogens with zero attached hydrogens (tertiary/aromatic N) is 1. The third-order valence-electron chi connectivity index (χ3n) is 2.34. The van der Waals surface area contributed by atoms with Gasteiger partial charge in [0.25, 0.3) is 0 Å². The van der Waals surface area contributed by atoms with E-state index in [9.17, 15) is 0 Å². The van der Waals surface area contributed by atoms with E-state index in [-0.39, 0.29) is 5.54 Å². The zero-order valence-electron chi connectivity index (χ0n) is 8.65. The van der Waals surface area contributed by atoms with Crippen molar-refractivity contribution in [3.8, 4) is 0 Å². The largest absolute Gasteiger partial charge is 0.382 e. The van der Waals surface area contributed by atoms with Crippen LogP contribution >= 0.6 is 0 Å². The second kappa shape index (κ2) is 2.92. The molecule has 1 heterocycles. The first-order valence-electron chi connectivity index (χ1n) is 4.39. The van der Waals surface area contributed by atoms with Crippen molar-refractivity contribution < 1.29 is 0 Å². The van der Waals surface area contributed by atoms with Crippen LogP contribution in [-0.4, -0.2) is 17.8 Å². The van der Waals surface area contributed by atoms with E-state index >= 15 is 0 Å². The van der Waals surface area contributed by atoms with Gasteiger partial charge in [-0.2, -0.15) is 0 Å². The molecule has 0 saturated heterocycles. The zero-order chi connectivity index (χ0) is 9.35. The second-order valence-corrected chi connectivity index (χ2v) is 4.16. The van der Waals surface area contributed by atoms with Crippen LogP contribution in [0.25, 0.3) is 0 Å². The van der Waals surface area contributed by atoms with Crippen LogP contribution in [0.5, 0.6) is 0 Å². The number of aliphatic imine (C=N–C) groups is 1. The summed E-state index contributed by atoms with van der Waals surface area (Å²) in [5, 5.41) is 3.46. The molecule has 0 fully saturated rings. The molecule has 12 heavy (non-hydrogen) atoms. The minimum atomic E-state index is 0.100. The van der Waals surface area contributed by atoms with E-state index in [0.29, 0.717) is 0 Å². The van der Waals surface area contributed by atoms with Gasteiger partial charge in [-0.25, -0.2) is 0 Å². The Morgan fingerprint density at radius 3 is 2.42 bits per heavy atom. The minimum absolute atomic E-state index is 0.100. The number of hydrogen-bond acceptors (Lipinski definition) is 2. The first kappa shape index (κ1) is 9.30. The predicted octanol–water partition coefficient (Wildman–Crippen LogP) is 2.12. The molecule has 0 aromatic rings. The summed E-state index contributed by atoms with van der Waals surface area (Å²) in [5.74, 6) is 0. The van der Waals surface area contributed by atoms with Gasteiger partial charge in [-0.05, 0) is 40.2 Å². The molecule has 0 unspecified atom stereocenters. The molecular formula is C10H18N2. The SMILES string of the molecule is CC1=NCC(C)(C)NC(C)=C1C. The maximum Gasteiger partial charge on any atom is 0.0617 e. The van der Waals surface area contributed by atoms with Crippen LogP contribution < -0.4 is 5.32 Å². The lowest BCUT2D eigenvalue weighted by molar-refractivity contribution is 0.443. The van der Waals surface area contributed by atoms with Gasteiger partial charge < -0.3 is 5.32 Å². The molecule has 0 aromatic heterocycles. The van der Waals surface area contributed by atoms with E-state index in [2.05, 4.69) is 44.9 Å². The molecule has 0 atom stereocenters. The molecule has 1 aliphatic rings. The molecule has 0 aliphatic carbocycles. The Balaban J connectivity index is 3.00. The molecule has 2 heteroatoms. The lowest BCUT2D eigenvalue weighted by Gasteiger charge is -2.24. The highest BCUT2D eigenvalue weighted by atomic mass is 15.0. The van der Waals surface area contributed by atoms with E-state index in [0.717, 1.165) is 12.3 Å². The third kappa shape index (κ3) is 1.87. The van der Waals surface area contributed by atoms with E-state index in [1.807, 2.05) is 0 Å². The van der Waals surface area contributed by atoms with Crippen LogP contribution in [0.2, 0.25) is 0 Å².